The van der Waals surface area contributed by atoms with Crippen molar-refractivity contribution >= 4 is 47.0 Å². The number of aromatic nitrogens is 2. The van der Waals surface area contributed by atoms with Crippen molar-refractivity contribution in [2.45, 2.75) is 40.0 Å². The van der Waals surface area contributed by atoms with Crippen LogP contribution in [0.1, 0.15) is 49.3 Å². The van der Waals surface area contributed by atoms with Gasteiger partial charge in [0.2, 0.25) is 12.2 Å². The van der Waals surface area contributed by atoms with Crippen molar-refractivity contribution in [3.05, 3.63) is 39.0 Å². The molecule has 0 aliphatic carbocycles. The van der Waals surface area contributed by atoms with Crippen molar-refractivity contribution in [2.75, 3.05) is 54.4 Å². The molecule has 0 aliphatic heterocycles. The Bertz CT molecular complexity index is 1270. The molecule has 15 nitrogen and oxygen atoms in total. The summed E-state index contributed by atoms with van der Waals surface area (Å²) in [6, 6.07) is 0. The molecule has 2 amide bonds. The van der Waals surface area contributed by atoms with Gasteiger partial charge in [-0.05, 0) is 19.8 Å². The van der Waals surface area contributed by atoms with Crippen molar-refractivity contribution in [2.24, 2.45) is 0 Å². The lowest BCUT2D eigenvalue weighted by molar-refractivity contribution is -0.387. The highest BCUT2D eigenvalue weighted by Crippen LogP contribution is 2.36. The van der Waals surface area contributed by atoms with E-state index in [0.29, 0.717) is 31.0 Å². The molecule has 2 aromatic rings. The van der Waals surface area contributed by atoms with Crippen molar-refractivity contribution < 1.29 is 37.6 Å². The Kier molecular flexibility index (Phi) is 14.8. The van der Waals surface area contributed by atoms with Crippen molar-refractivity contribution in [3.8, 4) is 0 Å². The average Bonchev–Trinajstić information content (AvgIpc) is 2.94. The first kappa shape index (κ1) is 35.1. The van der Waals surface area contributed by atoms with Gasteiger partial charge in [0.1, 0.15) is 11.5 Å². The van der Waals surface area contributed by atoms with E-state index in [0.717, 1.165) is 12.8 Å². The maximum absolute atomic E-state index is 14.2. The van der Waals surface area contributed by atoms with E-state index in [-0.39, 0.29) is 37.6 Å². The normalized spacial score (nSPS) is 10.1. The van der Waals surface area contributed by atoms with Gasteiger partial charge >= 0.3 is 11.7 Å². The molecule has 232 valence electrons. The number of halogens is 3. The summed E-state index contributed by atoms with van der Waals surface area (Å²) in [5.41, 5.74) is 2.24. The number of carboxylic acids is 1. The maximum Gasteiger partial charge on any atom is 0.333 e. The zero-order valence-corrected chi connectivity index (χ0v) is 23.3. The van der Waals surface area contributed by atoms with Crippen molar-refractivity contribution in [1.29, 1.82) is 0 Å². The number of carbonyl (C=O) groups is 3. The third-order valence-electron chi connectivity index (χ3n) is 5.16. The van der Waals surface area contributed by atoms with Crippen molar-refractivity contribution in [1.82, 2.24) is 20.6 Å². The molecule has 0 bridgehead atoms. The molecule has 0 spiro atoms. The molecule has 0 atom stereocenters. The number of nitrogen functional groups attached to an aromatic ring is 1. The van der Waals surface area contributed by atoms with Gasteiger partial charge in [0, 0.05) is 32.7 Å². The number of carbonyl (C=O) groups excluding carboxylic acids is 2. The highest BCUT2D eigenvalue weighted by molar-refractivity contribution is 5.97. The van der Waals surface area contributed by atoms with Gasteiger partial charge in [0.05, 0.1) is 17.0 Å². The minimum absolute atomic E-state index is 0.0151. The molecule has 0 aliphatic rings. The van der Waals surface area contributed by atoms with Crippen LogP contribution in [-0.4, -0.2) is 71.0 Å². The Morgan fingerprint density at radius 1 is 0.952 bits per heavy atom. The predicted octanol–water partition coefficient (Wildman–Crippen LogP) is 2.39. The third-order valence-corrected chi connectivity index (χ3v) is 5.16. The average molecular weight is 602 g/mol. The molecule has 18 heteroatoms. The molecular weight excluding hydrogens is 567 g/mol. The van der Waals surface area contributed by atoms with Gasteiger partial charge in [0.15, 0.2) is 28.8 Å². The minimum atomic E-state index is -1.89. The Balaban J connectivity index is 0.000000962. The van der Waals surface area contributed by atoms with E-state index in [1.165, 1.54) is 0 Å². The fraction of sp³-hybridized carbons (Fsp3) is 0.458. The largest absolute Gasteiger partial charge is 0.481 e. The number of nitrogens with zero attached hydrogens (tertiary/aromatic N) is 3. The fourth-order valence-corrected chi connectivity index (χ4v) is 3.14. The summed E-state index contributed by atoms with van der Waals surface area (Å²) in [4.78, 5) is 50.5. The molecule has 0 saturated heterocycles. The number of anilines is 4. The van der Waals surface area contributed by atoms with Crippen LogP contribution < -0.4 is 32.3 Å². The van der Waals surface area contributed by atoms with Crippen LogP contribution in [0.3, 0.4) is 0 Å². The van der Waals surface area contributed by atoms with E-state index in [4.69, 9.17) is 10.8 Å². The number of rotatable bonds is 16. The van der Waals surface area contributed by atoms with E-state index in [1.807, 2.05) is 13.8 Å². The van der Waals surface area contributed by atoms with Crippen LogP contribution in [0.5, 0.6) is 0 Å². The number of nitro benzene ring substituents is 1. The van der Waals surface area contributed by atoms with Crippen LogP contribution in [0, 0.1) is 34.5 Å². The Hall–Kier alpha value is -4.90. The molecule has 42 heavy (non-hydrogen) atoms. The minimum Gasteiger partial charge on any atom is -0.481 e. The van der Waals surface area contributed by atoms with Crippen LogP contribution >= 0.6 is 0 Å². The van der Waals surface area contributed by atoms with Gasteiger partial charge in [-0.3, -0.25) is 24.5 Å². The smallest absolute Gasteiger partial charge is 0.333 e. The van der Waals surface area contributed by atoms with Crippen LogP contribution in [0.25, 0.3) is 0 Å². The second kappa shape index (κ2) is 17.7. The quantitative estimate of drug-likeness (QED) is 0.0368. The highest BCUT2D eigenvalue weighted by atomic mass is 19.2. The lowest BCUT2D eigenvalue weighted by Crippen LogP contribution is -2.31. The number of carboxylic acid groups (broad SMARTS) is 1. The van der Waals surface area contributed by atoms with E-state index >= 15 is 0 Å². The second-order valence-corrected chi connectivity index (χ2v) is 8.44. The van der Waals surface area contributed by atoms with Gasteiger partial charge in [-0.2, -0.15) is 4.39 Å². The molecule has 2 rings (SSSR count). The van der Waals surface area contributed by atoms with Crippen LogP contribution in [0.15, 0.2) is 0 Å². The van der Waals surface area contributed by atoms with Crippen LogP contribution in [-0.2, 0) is 9.59 Å². The van der Waals surface area contributed by atoms with Crippen LogP contribution in [0.2, 0.25) is 0 Å². The molecule has 0 unspecified atom stereocenters. The van der Waals surface area contributed by atoms with E-state index in [1.54, 1.807) is 6.92 Å². The van der Waals surface area contributed by atoms with E-state index in [2.05, 4.69) is 36.6 Å². The van der Waals surface area contributed by atoms with Gasteiger partial charge in [-0.25, -0.2) is 18.7 Å². The van der Waals surface area contributed by atoms with Gasteiger partial charge in [0.25, 0.3) is 5.91 Å². The first-order valence-corrected chi connectivity index (χ1v) is 12.8. The number of nitrogens with one attached hydrogen (secondary N) is 5. The predicted molar refractivity (Wildman–Crippen MR) is 149 cm³/mol. The number of aliphatic carboxylic acids is 1. The summed E-state index contributed by atoms with van der Waals surface area (Å²) < 4.78 is 41.8. The maximum atomic E-state index is 14.2. The summed E-state index contributed by atoms with van der Waals surface area (Å²) in [5, 5.41) is 32.3. The number of nitrogens with two attached hydrogens (primary N) is 1. The summed E-state index contributed by atoms with van der Waals surface area (Å²) in [6.07, 6.45) is 2.08. The first-order chi connectivity index (χ1) is 19.9. The summed E-state index contributed by atoms with van der Waals surface area (Å²) >= 11 is 0. The number of aryl methyl sites for hydroxylation is 1. The zero-order chi connectivity index (χ0) is 31.8. The standard InChI is InChI=1S/C20H27F3N8O3.C4H7NO3/c1-4-6-26-18-10(3)29-19(27-7-5-2)16(30-18)20(32)28-9-8-25-15-13(23)14(24)11(21)12(22)17(15)31(33)34;6-3-5-2-1-4(7)8/h25H,4-9,24H2,1-3H3,(H,26,30)(H,27,29)(H,28,32);3H,1-2H2,(H,5,6)(H,7,8). The molecule has 1 heterocycles. The third kappa shape index (κ3) is 10.3. The fourth-order valence-electron chi connectivity index (χ4n) is 3.14. The lowest BCUT2D eigenvalue weighted by atomic mass is 10.2. The zero-order valence-electron chi connectivity index (χ0n) is 23.3. The molecule has 1 aromatic carbocycles. The van der Waals surface area contributed by atoms with E-state index < -0.39 is 51.3 Å². The number of nitro groups is 1. The Morgan fingerprint density at radius 2 is 1.57 bits per heavy atom. The molecule has 0 radical (unpaired) electrons. The second-order valence-electron chi connectivity index (χ2n) is 8.44. The molecule has 0 saturated carbocycles. The molecular formula is C24H34F3N9O6. The number of hydrogen-bond donors (Lipinski definition) is 7. The van der Waals surface area contributed by atoms with E-state index in [9.17, 15) is 37.7 Å². The SMILES string of the molecule is CCCNc1nc(C(=O)NCCNc2c(F)c(N)c(F)c(F)c2[N+](=O)[O-])c(NCCC)nc1C.O=CNCCC(=O)O. The molecule has 8 N–H and O–H groups in total. The topological polar surface area (TPSA) is 227 Å². The monoisotopic (exact) mass is 601 g/mol. The lowest BCUT2D eigenvalue weighted by Gasteiger charge is -2.15. The van der Waals surface area contributed by atoms with Gasteiger partial charge < -0.3 is 37.4 Å². The van der Waals surface area contributed by atoms with Crippen LogP contribution in [0.4, 0.5) is 41.9 Å². The Morgan fingerprint density at radius 3 is 2.12 bits per heavy atom. The highest BCUT2D eigenvalue weighted by Gasteiger charge is 2.31. The molecule has 0 fully saturated rings. The Labute approximate surface area is 239 Å². The number of amides is 2. The number of benzene rings is 1. The summed E-state index contributed by atoms with van der Waals surface area (Å²) in [5.74, 6) is -6.01. The number of hydrogen-bond acceptors (Lipinski definition) is 11. The summed E-state index contributed by atoms with van der Waals surface area (Å²) in [7, 11) is 0. The van der Waals surface area contributed by atoms with Gasteiger partial charge in [-0.1, -0.05) is 13.8 Å². The molecule has 1 aromatic heterocycles. The summed E-state index contributed by atoms with van der Waals surface area (Å²) in [6.45, 7) is 6.64. The van der Waals surface area contributed by atoms with Gasteiger partial charge in [-0.15, -0.1) is 0 Å². The first-order valence-electron chi connectivity index (χ1n) is 12.8. The van der Waals surface area contributed by atoms with Crippen molar-refractivity contribution in [3.63, 3.8) is 0 Å².